The zero-order chi connectivity index (χ0) is 12.5. The lowest BCUT2D eigenvalue weighted by Gasteiger charge is -2.40. The molecule has 1 aliphatic heterocycles. The van der Waals surface area contributed by atoms with Crippen LogP contribution in [0.25, 0.3) is 0 Å². The van der Waals surface area contributed by atoms with E-state index in [1.807, 2.05) is 11.8 Å². The van der Waals surface area contributed by atoms with Gasteiger partial charge in [0.15, 0.2) is 0 Å². The second-order valence-corrected chi connectivity index (χ2v) is 5.50. The van der Waals surface area contributed by atoms with Crippen molar-refractivity contribution < 1.29 is 10.0 Å². The number of rotatable bonds is 2. The Bertz CT molecular complexity index is 329. The zero-order valence-corrected chi connectivity index (χ0v) is 10.4. The summed E-state index contributed by atoms with van der Waals surface area (Å²) < 4.78 is 0. The topological polar surface area (TPSA) is 78.9 Å². The van der Waals surface area contributed by atoms with Crippen molar-refractivity contribution in [3.05, 3.63) is 0 Å². The van der Waals surface area contributed by atoms with Crippen molar-refractivity contribution in [3.8, 4) is 0 Å². The highest BCUT2D eigenvalue weighted by molar-refractivity contribution is 5.86. The predicted octanol–water partition coefficient (Wildman–Crippen LogP) is 1.16. The van der Waals surface area contributed by atoms with E-state index in [0.29, 0.717) is 5.91 Å². The van der Waals surface area contributed by atoms with E-state index >= 15 is 0 Å². The molecule has 0 unspecified atom stereocenters. The van der Waals surface area contributed by atoms with Crippen LogP contribution >= 0.6 is 0 Å². The molecule has 1 heterocycles. The van der Waals surface area contributed by atoms with Crippen LogP contribution in [0.2, 0.25) is 0 Å². The van der Waals surface area contributed by atoms with Crippen LogP contribution < -0.4 is 5.73 Å². The lowest BCUT2D eigenvalue weighted by molar-refractivity contribution is -0.139. The molecule has 0 atom stereocenters. The number of carbonyl (C=O) groups excluding carboxylic acids is 1. The Balaban J connectivity index is 1.91. The molecule has 17 heavy (non-hydrogen) atoms. The van der Waals surface area contributed by atoms with Crippen molar-refractivity contribution in [2.24, 2.45) is 22.2 Å². The van der Waals surface area contributed by atoms with Crippen LogP contribution in [0.4, 0.5) is 0 Å². The summed E-state index contributed by atoms with van der Waals surface area (Å²) in [5.74, 6) is 0.856. The van der Waals surface area contributed by atoms with E-state index < -0.39 is 0 Å². The van der Waals surface area contributed by atoms with Gasteiger partial charge in [-0.2, -0.15) is 0 Å². The van der Waals surface area contributed by atoms with Crippen LogP contribution in [0.5, 0.6) is 0 Å². The highest BCUT2D eigenvalue weighted by Gasteiger charge is 2.38. The molecule has 0 radical (unpaired) electrons. The van der Waals surface area contributed by atoms with E-state index in [-0.39, 0.29) is 17.2 Å². The Morgan fingerprint density at radius 1 is 1.41 bits per heavy atom. The molecule has 5 nitrogen and oxygen atoms in total. The summed E-state index contributed by atoms with van der Waals surface area (Å²) in [6, 6.07) is 0. The molecule has 0 aromatic rings. The number of hydrogen-bond acceptors (Lipinski definition) is 3. The molecule has 2 aliphatic rings. The van der Waals surface area contributed by atoms with E-state index in [4.69, 9.17) is 10.9 Å². The van der Waals surface area contributed by atoms with Gasteiger partial charge in [-0.1, -0.05) is 18.5 Å². The largest absolute Gasteiger partial charge is 0.409 e. The van der Waals surface area contributed by atoms with Crippen LogP contribution in [-0.4, -0.2) is 34.9 Å². The van der Waals surface area contributed by atoms with Gasteiger partial charge in [-0.05, 0) is 25.7 Å². The van der Waals surface area contributed by atoms with Crippen LogP contribution in [0.15, 0.2) is 5.16 Å². The first-order chi connectivity index (χ1) is 8.07. The number of likely N-dealkylation sites (tertiary alicyclic amines) is 1. The van der Waals surface area contributed by atoms with Gasteiger partial charge in [0.2, 0.25) is 5.91 Å². The fraction of sp³-hybridized carbons (Fsp3) is 0.833. The number of nitrogens with zero attached hydrogens (tertiary/aromatic N) is 2. The van der Waals surface area contributed by atoms with E-state index in [1.54, 1.807) is 0 Å². The monoisotopic (exact) mass is 239 g/mol. The van der Waals surface area contributed by atoms with Gasteiger partial charge in [-0.25, -0.2) is 0 Å². The quantitative estimate of drug-likeness (QED) is 0.328. The lowest BCUT2D eigenvalue weighted by Crippen LogP contribution is -2.49. The molecule has 1 saturated carbocycles. The van der Waals surface area contributed by atoms with Gasteiger partial charge >= 0.3 is 0 Å². The Labute approximate surface area is 102 Å². The molecule has 2 fully saturated rings. The van der Waals surface area contributed by atoms with Crippen molar-refractivity contribution in [3.63, 3.8) is 0 Å². The van der Waals surface area contributed by atoms with Crippen molar-refractivity contribution in [1.29, 1.82) is 0 Å². The van der Waals surface area contributed by atoms with Crippen LogP contribution in [0.1, 0.15) is 39.0 Å². The van der Waals surface area contributed by atoms with E-state index in [9.17, 15) is 4.79 Å². The summed E-state index contributed by atoms with van der Waals surface area (Å²) in [6.07, 6.45) is 4.84. The van der Waals surface area contributed by atoms with Gasteiger partial charge in [-0.3, -0.25) is 4.79 Å². The number of piperidine rings is 1. The summed E-state index contributed by atoms with van der Waals surface area (Å²) >= 11 is 0. The van der Waals surface area contributed by atoms with E-state index in [0.717, 1.165) is 38.8 Å². The maximum Gasteiger partial charge on any atom is 0.225 e. The van der Waals surface area contributed by atoms with Crippen LogP contribution in [-0.2, 0) is 4.79 Å². The van der Waals surface area contributed by atoms with Gasteiger partial charge in [0.05, 0.1) is 0 Å². The molecule has 0 spiro atoms. The zero-order valence-electron chi connectivity index (χ0n) is 10.4. The summed E-state index contributed by atoms with van der Waals surface area (Å²) in [7, 11) is 0. The summed E-state index contributed by atoms with van der Waals surface area (Å²) in [5.41, 5.74) is 5.44. The second-order valence-electron chi connectivity index (χ2n) is 5.50. The molecule has 0 aromatic carbocycles. The highest BCUT2D eigenvalue weighted by atomic mass is 16.4. The van der Waals surface area contributed by atoms with Crippen LogP contribution in [0.3, 0.4) is 0 Å². The average Bonchev–Trinajstić information content (AvgIpc) is 2.26. The molecule has 1 saturated heterocycles. The first-order valence-electron chi connectivity index (χ1n) is 6.33. The lowest BCUT2D eigenvalue weighted by atomic mass is 9.78. The molecule has 0 bridgehead atoms. The van der Waals surface area contributed by atoms with E-state index in [2.05, 4.69) is 5.16 Å². The summed E-state index contributed by atoms with van der Waals surface area (Å²) in [6.45, 7) is 3.44. The minimum Gasteiger partial charge on any atom is -0.409 e. The number of carbonyl (C=O) groups is 1. The van der Waals surface area contributed by atoms with Gasteiger partial charge < -0.3 is 15.8 Å². The van der Waals surface area contributed by atoms with Crippen molar-refractivity contribution in [2.75, 3.05) is 13.1 Å². The van der Waals surface area contributed by atoms with E-state index in [1.165, 1.54) is 6.42 Å². The Kier molecular flexibility index (Phi) is 3.26. The Morgan fingerprint density at radius 2 is 2.00 bits per heavy atom. The van der Waals surface area contributed by atoms with Gasteiger partial charge in [0.25, 0.3) is 0 Å². The predicted molar refractivity (Wildman–Crippen MR) is 64.7 cm³/mol. The number of nitrogens with two attached hydrogens (primary N) is 1. The van der Waals surface area contributed by atoms with Crippen molar-refractivity contribution >= 4 is 11.7 Å². The minimum absolute atomic E-state index is 0.259. The third kappa shape index (κ3) is 2.23. The molecular weight excluding hydrogens is 218 g/mol. The Morgan fingerprint density at radius 3 is 2.41 bits per heavy atom. The SMILES string of the molecule is CC1(C(N)=NO)CCN(C(=O)C2CCC2)CC1. The molecule has 1 aliphatic carbocycles. The molecule has 0 aromatic heterocycles. The van der Waals surface area contributed by atoms with Crippen LogP contribution in [0, 0.1) is 11.3 Å². The number of amidine groups is 1. The molecular formula is C12H21N3O2. The normalized spacial score (nSPS) is 25.5. The molecule has 1 amide bonds. The second kappa shape index (κ2) is 4.55. The smallest absolute Gasteiger partial charge is 0.225 e. The summed E-state index contributed by atoms with van der Waals surface area (Å²) in [5, 5.41) is 11.9. The fourth-order valence-corrected chi connectivity index (χ4v) is 2.51. The fourth-order valence-electron chi connectivity index (χ4n) is 2.51. The van der Waals surface area contributed by atoms with Gasteiger partial charge in [0.1, 0.15) is 5.84 Å². The maximum absolute atomic E-state index is 12.0. The average molecular weight is 239 g/mol. The molecule has 96 valence electrons. The first kappa shape index (κ1) is 12.2. The third-order valence-electron chi connectivity index (χ3n) is 4.36. The van der Waals surface area contributed by atoms with Crippen molar-refractivity contribution in [1.82, 2.24) is 4.90 Å². The molecule has 2 rings (SSSR count). The number of hydrogen-bond donors (Lipinski definition) is 2. The minimum atomic E-state index is -0.259. The molecule has 3 N–H and O–H groups in total. The first-order valence-corrected chi connectivity index (χ1v) is 6.33. The van der Waals surface area contributed by atoms with Gasteiger partial charge in [-0.15, -0.1) is 0 Å². The highest BCUT2D eigenvalue weighted by Crippen LogP contribution is 2.34. The van der Waals surface area contributed by atoms with Gasteiger partial charge in [0, 0.05) is 24.4 Å². The Hall–Kier alpha value is -1.26. The van der Waals surface area contributed by atoms with Crippen molar-refractivity contribution in [2.45, 2.75) is 39.0 Å². The maximum atomic E-state index is 12.0. The molecule has 5 heteroatoms. The third-order valence-corrected chi connectivity index (χ3v) is 4.36. The summed E-state index contributed by atoms with van der Waals surface area (Å²) in [4.78, 5) is 14.0. The number of amides is 1. The number of oxime groups is 1. The standard InChI is InChI=1S/C12H21N3O2/c1-12(11(13)14-17)5-7-15(8-6-12)10(16)9-3-2-4-9/h9,17H,2-8H2,1H3,(H2,13,14).